The largest absolute Gasteiger partial charge is 0.355 e. The Balaban J connectivity index is 0.00000200. The molecule has 1 aromatic rings. The van der Waals surface area contributed by atoms with Gasteiger partial charge in [-0.2, -0.15) is 11.8 Å². The van der Waals surface area contributed by atoms with E-state index in [1.807, 2.05) is 7.05 Å². The Kier molecular flexibility index (Phi) is 8.37. The lowest BCUT2D eigenvalue weighted by atomic mass is 10.1. The van der Waals surface area contributed by atoms with Gasteiger partial charge in [0.05, 0.1) is 0 Å². The van der Waals surface area contributed by atoms with Crippen LogP contribution < -0.4 is 10.6 Å². The van der Waals surface area contributed by atoms with Gasteiger partial charge in [0.15, 0.2) is 5.96 Å². The molecule has 1 unspecified atom stereocenters. The Morgan fingerprint density at radius 3 is 2.65 bits per heavy atom. The van der Waals surface area contributed by atoms with E-state index in [1.165, 1.54) is 29.7 Å². The summed E-state index contributed by atoms with van der Waals surface area (Å²) in [7, 11) is 1.83. The normalized spacial score (nSPS) is 18.5. The molecule has 1 heterocycles. The number of hydrogen-bond acceptors (Lipinski definition) is 2. The minimum absolute atomic E-state index is 0. The molecule has 2 rings (SSSR count). The van der Waals surface area contributed by atoms with Gasteiger partial charge >= 0.3 is 0 Å². The molecule has 0 spiro atoms. The maximum Gasteiger partial charge on any atom is 0.191 e. The van der Waals surface area contributed by atoms with E-state index in [4.69, 9.17) is 0 Å². The predicted octanol–water partition coefficient (Wildman–Crippen LogP) is 3.17. The minimum atomic E-state index is 0. The summed E-state index contributed by atoms with van der Waals surface area (Å²) in [5.74, 6) is 2.20. The van der Waals surface area contributed by atoms with Crippen LogP contribution in [0.15, 0.2) is 29.3 Å². The topological polar surface area (TPSA) is 36.4 Å². The van der Waals surface area contributed by atoms with Gasteiger partial charge in [-0.1, -0.05) is 29.8 Å². The van der Waals surface area contributed by atoms with Crippen LogP contribution in [0.4, 0.5) is 0 Å². The number of aryl methyl sites for hydroxylation is 1. The van der Waals surface area contributed by atoms with Crippen molar-refractivity contribution < 1.29 is 0 Å². The quantitative estimate of drug-likeness (QED) is 0.459. The Labute approximate surface area is 143 Å². The van der Waals surface area contributed by atoms with Crippen LogP contribution in [0.5, 0.6) is 0 Å². The molecule has 2 N–H and O–H groups in total. The van der Waals surface area contributed by atoms with Crippen molar-refractivity contribution in [2.24, 2.45) is 4.99 Å². The van der Waals surface area contributed by atoms with Crippen LogP contribution in [0.1, 0.15) is 24.0 Å². The molecule has 0 saturated carbocycles. The highest BCUT2D eigenvalue weighted by Crippen LogP contribution is 2.25. The highest BCUT2D eigenvalue weighted by atomic mass is 127. The molecule has 5 heteroatoms. The van der Waals surface area contributed by atoms with Gasteiger partial charge in [0.1, 0.15) is 0 Å². The molecule has 3 nitrogen and oxygen atoms in total. The van der Waals surface area contributed by atoms with Gasteiger partial charge in [-0.25, -0.2) is 0 Å². The number of benzene rings is 1. The van der Waals surface area contributed by atoms with Crippen LogP contribution in [0.2, 0.25) is 0 Å². The zero-order chi connectivity index (χ0) is 13.5. The number of rotatable bonds is 4. The number of thioether (sulfide) groups is 1. The van der Waals surface area contributed by atoms with Crippen molar-refractivity contribution >= 4 is 41.7 Å². The van der Waals surface area contributed by atoms with E-state index in [2.05, 4.69) is 58.6 Å². The summed E-state index contributed by atoms with van der Waals surface area (Å²) >= 11 is 2.07. The first-order chi connectivity index (χ1) is 9.28. The lowest BCUT2D eigenvalue weighted by Crippen LogP contribution is -2.39. The van der Waals surface area contributed by atoms with Crippen molar-refractivity contribution in [2.45, 2.75) is 31.6 Å². The van der Waals surface area contributed by atoms with Gasteiger partial charge < -0.3 is 10.6 Å². The van der Waals surface area contributed by atoms with Gasteiger partial charge in [-0.15, -0.1) is 24.0 Å². The SMILES string of the molecule is CN=C(NCc1ccc(C)cc1)NCC1CCCS1.I. The molecule has 1 aliphatic rings. The Morgan fingerprint density at radius 1 is 1.30 bits per heavy atom. The summed E-state index contributed by atoms with van der Waals surface area (Å²) < 4.78 is 0. The number of nitrogens with one attached hydrogen (secondary N) is 2. The number of nitrogens with zero attached hydrogens (tertiary/aromatic N) is 1. The lowest BCUT2D eigenvalue weighted by molar-refractivity contribution is 0.726. The number of guanidine groups is 1. The van der Waals surface area contributed by atoms with E-state index in [0.29, 0.717) is 0 Å². The molecular formula is C15H24IN3S. The van der Waals surface area contributed by atoms with E-state index in [0.717, 1.165) is 24.3 Å². The van der Waals surface area contributed by atoms with Crippen molar-refractivity contribution in [1.29, 1.82) is 0 Å². The molecule has 1 fully saturated rings. The fourth-order valence-corrected chi connectivity index (χ4v) is 3.33. The van der Waals surface area contributed by atoms with E-state index in [9.17, 15) is 0 Å². The number of aliphatic imine (C=N–C) groups is 1. The fourth-order valence-electron chi connectivity index (χ4n) is 2.13. The van der Waals surface area contributed by atoms with Gasteiger partial charge in [0.25, 0.3) is 0 Å². The van der Waals surface area contributed by atoms with E-state index < -0.39 is 0 Å². The molecule has 1 saturated heterocycles. The molecule has 0 amide bonds. The summed E-state index contributed by atoms with van der Waals surface area (Å²) in [6, 6.07) is 8.59. The molecule has 0 bridgehead atoms. The van der Waals surface area contributed by atoms with E-state index in [1.54, 1.807) is 0 Å². The minimum Gasteiger partial charge on any atom is -0.355 e. The lowest BCUT2D eigenvalue weighted by Gasteiger charge is -2.14. The maximum absolute atomic E-state index is 4.27. The molecule has 20 heavy (non-hydrogen) atoms. The van der Waals surface area contributed by atoms with Crippen molar-refractivity contribution in [3.8, 4) is 0 Å². The van der Waals surface area contributed by atoms with Crippen LogP contribution in [0, 0.1) is 6.92 Å². The Bertz CT molecular complexity index is 414. The van der Waals surface area contributed by atoms with Crippen LogP contribution >= 0.6 is 35.7 Å². The first kappa shape index (κ1) is 17.6. The van der Waals surface area contributed by atoms with Gasteiger partial charge in [0, 0.05) is 25.4 Å². The maximum atomic E-state index is 4.27. The highest BCUT2D eigenvalue weighted by molar-refractivity contribution is 14.0. The van der Waals surface area contributed by atoms with Crippen LogP contribution in [-0.4, -0.2) is 30.6 Å². The second-order valence-corrected chi connectivity index (χ2v) is 6.34. The molecule has 1 aliphatic heterocycles. The third-order valence-corrected chi connectivity index (χ3v) is 4.72. The highest BCUT2D eigenvalue weighted by Gasteiger charge is 2.15. The zero-order valence-electron chi connectivity index (χ0n) is 12.2. The average Bonchev–Trinajstić information content (AvgIpc) is 2.94. The molecule has 112 valence electrons. The molecule has 0 radical (unpaired) electrons. The standard InChI is InChI=1S/C15H23N3S.HI/c1-12-5-7-13(8-6-12)10-17-15(16-2)18-11-14-4-3-9-19-14;/h5-8,14H,3-4,9-11H2,1-2H3,(H2,16,17,18);1H. The van der Waals surface area contributed by atoms with Gasteiger partial charge in [-0.3, -0.25) is 4.99 Å². The predicted molar refractivity (Wildman–Crippen MR) is 100 cm³/mol. The fraction of sp³-hybridized carbons (Fsp3) is 0.533. The molecular weight excluding hydrogens is 381 g/mol. The van der Waals surface area contributed by atoms with Crippen LogP contribution in [0.25, 0.3) is 0 Å². The second-order valence-electron chi connectivity index (χ2n) is 4.93. The zero-order valence-corrected chi connectivity index (χ0v) is 15.3. The first-order valence-electron chi connectivity index (χ1n) is 6.89. The summed E-state index contributed by atoms with van der Waals surface area (Å²) in [6.45, 7) is 3.94. The monoisotopic (exact) mass is 405 g/mol. The van der Waals surface area contributed by atoms with Gasteiger partial charge in [-0.05, 0) is 31.1 Å². The van der Waals surface area contributed by atoms with Crippen molar-refractivity contribution in [1.82, 2.24) is 10.6 Å². The number of halogens is 1. The van der Waals surface area contributed by atoms with Crippen molar-refractivity contribution in [2.75, 3.05) is 19.3 Å². The Morgan fingerprint density at radius 2 is 2.05 bits per heavy atom. The first-order valence-corrected chi connectivity index (χ1v) is 7.94. The summed E-state index contributed by atoms with van der Waals surface area (Å²) in [5.41, 5.74) is 2.58. The third kappa shape index (κ3) is 5.91. The van der Waals surface area contributed by atoms with Crippen molar-refractivity contribution in [3.05, 3.63) is 35.4 Å². The molecule has 1 aromatic carbocycles. The Hall–Kier alpha value is -0.430. The van der Waals surface area contributed by atoms with Crippen LogP contribution in [0.3, 0.4) is 0 Å². The van der Waals surface area contributed by atoms with Crippen LogP contribution in [-0.2, 0) is 6.54 Å². The second kappa shape index (κ2) is 9.50. The summed E-state index contributed by atoms with van der Waals surface area (Å²) in [5, 5.41) is 7.52. The summed E-state index contributed by atoms with van der Waals surface area (Å²) in [6.07, 6.45) is 2.68. The van der Waals surface area contributed by atoms with Crippen molar-refractivity contribution in [3.63, 3.8) is 0 Å². The van der Waals surface area contributed by atoms with Gasteiger partial charge in [0.2, 0.25) is 0 Å². The number of hydrogen-bond donors (Lipinski definition) is 2. The third-order valence-electron chi connectivity index (χ3n) is 3.33. The molecule has 0 aromatic heterocycles. The molecule has 1 atom stereocenters. The molecule has 0 aliphatic carbocycles. The average molecular weight is 405 g/mol. The summed E-state index contributed by atoms with van der Waals surface area (Å²) in [4.78, 5) is 4.27. The van der Waals surface area contributed by atoms with E-state index >= 15 is 0 Å². The van der Waals surface area contributed by atoms with E-state index in [-0.39, 0.29) is 24.0 Å². The smallest absolute Gasteiger partial charge is 0.191 e.